The van der Waals surface area contributed by atoms with Crippen molar-refractivity contribution in [3.63, 3.8) is 0 Å². The molecule has 150 valence electrons. The number of aromatic nitrogens is 2. The van der Waals surface area contributed by atoms with E-state index in [4.69, 9.17) is 14.2 Å². The van der Waals surface area contributed by atoms with Gasteiger partial charge in [0.15, 0.2) is 11.5 Å². The summed E-state index contributed by atoms with van der Waals surface area (Å²) in [6.07, 6.45) is 1.35. The number of carbonyl (C=O) groups excluding carboxylic acids is 1. The van der Waals surface area contributed by atoms with Crippen molar-refractivity contribution in [3.05, 3.63) is 66.1 Å². The second-order valence-electron chi connectivity index (χ2n) is 6.01. The molecule has 1 aromatic heterocycles. The quantitative estimate of drug-likeness (QED) is 0.605. The molecule has 0 aliphatic rings. The van der Waals surface area contributed by atoms with Crippen LogP contribution in [0.25, 0.3) is 0 Å². The number of methoxy groups -OCH3 is 3. The number of nitrogens with one attached hydrogen (secondary N) is 2. The molecule has 1 amide bonds. The summed E-state index contributed by atoms with van der Waals surface area (Å²) in [5.74, 6) is 2.10. The molecule has 0 unspecified atom stereocenters. The van der Waals surface area contributed by atoms with Gasteiger partial charge in [-0.05, 0) is 29.8 Å². The first-order valence-corrected chi connectivity index (χ1v) is 8.85. The van der Waals surface area contributed by atoms with Crippen LogP contribution < -0.4 is 24.8 Å². The van der Waals surface area contributed by atoms with E-state index < -0.39 is 0 Å². The maximum atomic E-state index is 12.6. The van der Waals surface area contributed by atoms with Gasteiger partial charge >= 0.3 is 0 Å². The van der Waals surface area contributed by atoms with Crippen LogP contribution in [0.5, 0.6) is 17.2 Å². The molecule has 3 rings (SSSR count). The van der Waals surface area contributed by atoms with Gasteiger partial charge in [-0.25, -0.2) is 9.97 Å². The second kappa shape index (κ2) is 9.41. The summed E-state index contributed by atoms with van der Waals surface area (Å²) in [4.78, 5) is 20.8. The number of hydrogen-bond acceptors (Lipinski definition) is 7. The van der Waals surface area contributed by atoms with Crippen LogP contribution in [-0.2, 0) is 6.54 Å². The zero-order chi connectivity index (χ0) is 20.6. The first-order valence-electron chi connectivity index (χ1n) is 8.85. The van der Waals surface area contributed by atoms with Crippen molar-refractivity contribution in [2.24, 2.45) is 0 Å². The Labute approximate surface area is 168 Å². The molecular formula is C21H22N4O4. The first kappa shape index (κ1) is 19.9. The van der Waals surface area contributed by atoms with Gasteiger partial charge in [-0.2, -0.15) is 0 Å². The summed E-state index contributed by atoms with van der Waals surface area (Å²) in [6, 6.07) is 14.4. The Morgan fingerprint density at radius 2 is 1.66 bits per heavy atom. The van der Waals surface area contributed by atoms with Gasteiger partial charge in [0.05, 0.1) is 21.3 Å². The van der Waals surface area contributed by atoms with E-state index in [1.54, 1.807) is 38.5 Å². The minimum absolute atomic E-state index is 0.243. The third-order valence-corrected chi connectivity index (χ3v) is 4.17. The predicted octanol–water partition coefficient (Wildman–Crippen LogP) is 3.37. The van der Waals surface area contributed by atoms with E-state index in [0.717, 1.165) is 11.3 Å². The van der Waals surface area contributed by atoms with Gasteiger partial charge in [0.1, 0.15) is 23.6 Å². The average molecular weight is 394 g/mol. The summed E-state index contributed by atoms with van der Waals surface area (Å²) in [5, 5.41) is 5.97. The molecule has 0 saturated carbocycles. The van der Waals surface area contributed by atoms with E-state index in [1.165, 1.54) is 13.4 Å². The van der Waals surface area contributed by atoms with Gasteiger partial charge < -0.3 is 24.8 Å². The lowest BCUT2D eigenvalue weighted by molar-refractivity contribution is 0.102. The predicted molar refractivity (Wildman–Crippen MR) is 110 cm³/mol. The lowest BCUT2D eigenvalue weighted by Gasteiger charge is -2.11. The molecule has 0 aliphatic heterocycles. The van der Waals surface area contributed by atoms with Crippen molar-refractivity contribution >= 4 is 17.4 Å². The van der Waals surface area contributed by atoms with E-state index >= 15 is 0 Å². The van der Waals surface area contributed by atoms with Gasteiger partial charge in [0.25, 0.3) is 5.91 Å². The van der Waals surface area contributed by atoms with Crippen molar-refractivity contribution in [3.8, 4) is 17.2 Å². The minimum Gasteiger partial charge on any atom is -0.497 e. The fraction of sp³-hybridized carbons (Fsp3) is 0.190. The second-order valence-corrected chi connectivity index (χ2v) is 6.01. The minimum atomic E-state index is -0.355. The molecule has 2 aromatic carbocycles. The van der Waals surface area contributed by atoms with Crippen LogP contribution in [0.4, 0.5) is 11.5 Å². The topological polar surface area (TPSA) is 94.6 Å². The Kier molecular flexibility index (Phi) is 6.47. The summed E-state index contributed by atoms with van der Waals surface area (Å²) in [7, 11) is 4.72. The fourth-order valence-electron chi connectivity index (χ4n) is 2.62. The van der Waals surface area contributed by atoms with E-state index in [0.29, 0.717) is 29.5 Å². The van der Waals surface area contributed by atoms with Crippen molar-refractivity contribution < 1.29 is 19.0 Å². The van der Waals surface area contributed by atoms with Gasteiger partial charge in [0.2, 0.25) is 0 Å². The number of ether oxygens (including phenoxy) is 3. The van der Waals surface area contributed by atoms with Crippen molar-refractivity contribution in [2.75, 3.05) is 32.0 Å². The lowest BCUT2D eigenvalue weighted by atomic mass is 10.2. The molecule has 0 radical (unpaired) electrons. The molecule has 0 bridgehead atoms. The molecule has 0 aliphatic carbocycles. The number of amides is 1. The number of carbonyl (C=O) groups is 1. The Balaban J connectivity index is 1.65. The Morgan fingerprint density at radius 1 is 0.897 bits per heavy atom. The molecule has 3 aromatic rings. The normalized spacial score (nSPS) is 10.2. The van der Waals surface area contributed by atoms with Gasteiger partial charge in [0, 0.05) is 24.4 Å². The van der Waals surface area contributed by atoms with E-state index in [1.807, 2.05) is 24.3 Å². The Bertz CT molecular complexity index is 977. The standard InChI is InChI=1S/C21H22N4O4/c1-27-16-7-4-14(5-8-16)12-22-20-11-17(23-13-24-20)21(26)25-15-6-9-18(28-2)19(10-15)29-3/h4-11,13H,12H2,1-3H3,(H,25,26)(H,22,23,24). The van der Waals surface area contributed by atoms with Gasteiger partial charge in [-0.15, -0.1) is 0 Å². The molecule has 1 heterocycles. The SMILES string of the molecule is COc1ccc(CNc2cc(C(=O)Nc3ccc(OC)c(OC)c3)ncn2)cc1. The largest absolute Gasteiger partial charge is 0.497 e. The maximum absolute atomic E-state index is 12.6. The molecule has 0 atom stereocenters. The zero-order valence-corrected chi connectivity index (χ0v) is 16.4. The molecule has 0 saturated heterocycles. The molecular weight excluding hydrogens is 372 g/mol. The first-order chi connectivity index (χ1) is 14.1. The van der Waals surface area contributed by atoms with E-state index in [9.17, 15) is 4.79 Å². The average Bonchev–Trinajstić information content (AvgIpc) is 2.78. The highest BCUT2D eigenvalue weighted by atomic mass is 16.5. The summed E-state index contributed by atoms with van der Waals surface area (Å²) < 4.78 is 15.6. The number of anilines is 2. The molecule has 2 N–H and O–H groups in total. The highest BCUT2D eigenvalue weighted by Crippen LogP contribution is 2.29. The highest BCUT2D eigenvalue weighted by Gasteiger charge is 2.11. The Morgan fingerprint density at radius 3 is 2.34 bits per heavy atom. The third-order valence-electron chi connectivity index (χ3n) is 4.17. The Hall–Kier alpha value is -3.81. The smallest absolute Gasteiger partial charge is 0.274 e. The van der Waals surface area contributed by atoms with Crippen LogP contribution in [0, 0.1) is 0 Å². The summed E-state index contributed by atoms with van der Waals surface area (Å²) >= 11 is 0. The molecule has 29 heavy (non-hydrogen) atoms. The van der Waals surface area contributed by atoms with Crippen molar-refractivity contribution in [1.29, 1.82) is 0 Å². The molecule has 0 fully saturated rings. The monoisotopic (exact) mass is 394 g/mol. The molecule has 8 heteroatoms. The number of hydrogen-bond donors (Lipinski definition) is 2. The zero-order valence-electron chi connectivity index (χ0n) is 16.4. The third kappa shape index (κ3) is 5.13. The lowest BCUT2D eigenvalue weighted by Crippen LogP contribution is -2.14. The number of rotatable bonds is 8. The van der Waals surface area contributed by atoms with Crippen LogP contribution in [0.15, 0.2) is 54.9 Å². The van der Waals surface area contributed by atoms with Crippen LogP contribution in [0.1, 0.15) is 16.1 Å². The number of nitrogens with zero attached hydrogens (tertiary/aromatic N) is 2. The van der Waals surface area contributed by atoms with Crippen LogP contribution in [-0.4, -0.2) is 37.2 Å². The van der Waals surface area contributed by atoms with Crippen LogP contribution in [0.2, 0.25) is 0 Å². The maximum Gasteiger partial charge on any atom is 0.274 e. The number of benzene rings is 2. The summed E-state index contributed by atoms with van der Waals surface area (Å²) in [6.45, 7) is 0.553. The van der Waals surface area contributed by atoms with Gasteiger partial charge in [-0.1, -0.05) is 12.1 Å². The highest BCUT2D eigenvalue weighted by molar-refractivity contribution is 6.03. The summed E-state index contributed by atoms with van der Waals surface area (Å²) in [5.41, 5.74) is 1.87. The van der Waals surface area contributed by atoms with Crippen molar-refractivity contribution in [1.82, 2.24) is 9.97 Å². The van der Waals surface area contributed by atoms with Crippen molar-refractivity contribution in [2.45, 2.75) is 6.54 Å². The molecule has 0 spiro atoms. The van der Waals surface area contributed by atoms with E-state index in [2.05, 4.69) is 20.6 Å². The van der Waals surface area contributed by atoms with Crippen LogP contribution >= 0.6 is 0 Å². The van der Waals surface area contributed by atoms with E-state index in [-0.39, 0.29) is 11.6 Å². The molecule has 8 nitrogen and oxygen atoms in total. The fourth-order valence-corrected chi connectivity index (χ4v) is 2.62. The van der Waals surface area contributed by atoms with Crippen LogP contribution in [0.3, 0.4) is 0 Å². The van der Waals surface area contributed by atoms with Gasteiger partial charge in [-0.3, -0.25) is 4.79 Å².